The van der Waals surface area contributed by atoms with Crippen molar-refractivity contribution in [3.8, 4) is 11.6 Å². The summed E-state index contributed by atoms with van der Waals surface area (Å²) in [4.78, 5) is 46.2. The zero-order chi connectivity index (χ0) is 27.5. The summed E-state index contributed by atoms with van der Waals surface area (Å²) in [6.45, 7) is 0.183. The molecule has 5 rings (SSSR count). The van der Waals surface area contributed by atoms with Gasteiger partial charge in [-0.05, 0) is 60.4 Å². The standard InChI is InChI=1S/C27H23ClFN5O5/c1-38-24(35)22-12-17(22)15-34-26(36)32-25(33(27(34)37)14-16-2-4-18(28)5-3-16)31-20-7-9-21(10-8-20)39-23-11-6-19(29)13-30-23/h2-11,13,17,22H,12,14-15H2,1H3,(H,31,32,36)/t17-,22+/m0/s1. The van der Waals surface area contributed by atoms with Crippen molar-refractivity contribution in [2.75, 3.05) is 12.4 Å². The number of hydrogen-bond acceptors (Lipinski definition) is 8. The van der Waals surface area contributed by atoms with Gasteiger partial charge in [0.1, 0.15) is 11.6 Å². The predicted molar refractivity (Wildman–Crippen MR) is 141 cm³/mol. The Hall–Kier alpha value is -4.51. The summed E-state index contributed by atoms with van der Waals surface area (Å²) in [6, 6.07) is 16.3. The van der Waals surface area contributed by atoms with E-state index in [2.05, 4.69) is 15.3 Å². The number of aromatic nitrogens is 4. The lowest BCUT2D eigenvalue weighted by Gasteiger charge is -2.16. The van der Waals surface area contributed by atoms with E-state index in [1.165, 1.54) is 23.8 Å². The number of rotatable bonds is 9. The number of esters is 1. The molecule has 0 saturated heterocycles. The van der Waals surface area contributed by atoms with Gasteiger partial charge in [0.15, 0.2) is 0 Å². The number of carbonyl (C=O) groups excluding carboxylic acids is 1. The van der Waals surface area contributed by atoms with E-state index in [4.69, 9.17) is 21.1 Å². The lowest BCUT2D eigenvalue weighted by molar-refractivity contribution is -0.142. The maximum absolute atomic E-state index is 13.5. The largest absolute Gasteiger partial charge is 0.469 e. The highest BCUT2D eigenvalue weighted by Gasteiger charge is 2.44. The van der Waals surface area contributed by atoms with E-state index in [1.54, 1.807) is 48.5 Å². The number of benzene rings is 2. The molecule has 0 bridgehead atoms. The Morgan fingerprint density at radius 2 is 1.82 bits per heavy atom. The number of nitrogens with one attached hydrogen (secondary N) is 1. The number of pyridine rings is 1. The molecule has 0 aliphatic heterocycles. The third kappa shape index (κ3) is 6.15. The Kier molecular flexibility index (Phi) is 7.42. The minimum atomic E-state index is -0.729. The van der Waals surface area contributed by atoms with Crippen LogP contribution in [-0.2, 0) is 22.6 Å². The van der Waals surface area contributed by atoms with Crippen LogP contribution in [0.3, 0.4) is 0 Å². The molecule has 2 atom stereocenters. The predicted octanol–water partition coefficient (Wildman–Crippen LogP) is 3.99. The Morgan fingerprint density at radius 3 is 2.49 bits per heavy atom. The molecule has 4 aromatic rings. The van der Waals surface area contributed by atoms with Crippen LogP contribution in [0.15, 0.2) is 76.4 Å². The summed E-state index contributed by atoms with van der Waals surface area (Å²) in [6.07, 6.45) is 1.59. The van der Waals surface area contributed by atoms with Crippen molar-refractivity contribution >= 4 is 29.2 Å². The minimum Gasteiger partial charge on any atom is -0.469 e. The Bertz CT molecular complexity index is 1600. The summed E-state index contributed by atoms with van der Waals surface area (Å²) in [7, 11) is 1.31. The molecule has 1 N–H and O–H groups in total. The Morgan fingerprint density at radius 1 is 1.08 bits per heavy atom. The maximum atomic E-state index is 13.5. The van der Waals surface area contributed by atoms with Crippen LogP contribution < -0.4 is 21.4 Å². The van der Waals surface area contributed by atoms with Crippen LogP contribution in [0.5, 0.6) is 11.6 Å². The second-order valence-electron chi connectivity index (χ2n) is 9.02. The summed E-state index contributed by atoms with van der Waals surface area (Å²) in [5, 5.41) is 3.58. The van der Waals surface area contributed by atoms with Gasteiger partial charge in [-0.1, -0.05) is 23.7 Å². The molecule has 0 spiro atoms. The molecule has 1 fully saturated rings. The van der Waals surface area contributed by atoms with Gasteiger partial charge in [-0.15, -0.1) is 0 Å². The van der Waals surface area contributed by atoms with Gasteiger partial charge in [0, 0.05) is 23.3 Å². The SMILES string of the molecule is COC(=O)[C@@H]1C[C@H]1Cn1c(=O)nc(Nc2ccc(Oc3ccc(F)cn3)cc2)n(Cc2ccc(Cl)cc2)c1=O. The molecule has 0 amide bonds. The molecule has 10 nitrogen and oxygen atoms in total. The number of methoxy groups -OCH3 is 1. The lowest BCUT2D eigenvalue weighted by Crippen LogP contribution is -2.43. The van der Waals surface area contributed by atoms with Crippen molar-refractivity contribution in [2.45, 2.75) is 19.5 Å². The third-order valence-corrected chi connectivity index (χ3v) is 6.53. The van der Waals surface area contributed by atoms with Gasteiger partial charge in [-0.2, -0.15) is 4.98 Å². The van der Waals surface area contributed by atoms with Crippen molar-refractivity contribution < 1.29 is 18.7 Å². The van der Waals surface area contributed by atoms with Crippen molar-refractivity contribution in [3.63, 3.8) is 0 Å². The van der Waals surface area contributed by atoms with E-state index in [-0.39, 0.29) is 42.7 Å². The highest BCUT2D eigenvalue weighted by Crippen LogP contribution is 2.40. The van der Waals surface area contributed by atoms with Crippen molar-refractivity contribution in [3.05, 3.63) is 104 Å². The first kappa shape index (κ1) is 26.1. The molecule has 2 aromatic heterocycles. The monoisotopic (exact) mass is 551 g/mol. The normalized spacial score (nSPS) is 16.0. The zero-order valence-corrected chi connectivity index (χ0v) is 21.5. The minimum absolute atomic E-state index is 0.0467. The third-order valence-electron chi connectivity index (χ3n) is 6.28. The lowest BCUT2D eigenvalue weighted by atomic mass is 10.2. The number of hydrogen-bond donors (Lipinski definition) is 1. The van der Waals surface area contributed by atoms with E-state index in [9.17, 15) is 18.8 Å². The smallest absolute Gasteiger partial charge is 0.354 e. The van der Waals surface area contributed by atoms with Gasteiger partial charge in [0.2, 0.25) is 11.8 Å². The summed E-state index contributed by atoms with van der Waals surface area (Å²) in [5.41, 5.74) is 0.0141. The van der Waals surface area contributed by atoms with Crippen LogP contribution in [-0.4, -0.2) is 32.2 Å². The average Bonchev–Trinajstić information content (AvgIpc) is 3.71. The number of carbonyl (C=O) groups is 1. The van der Waals surface area contributed by atoms with E-state index in [0.717, 1.165) is 16.3 Å². The Balaban J connectivity index is 1.42. The quantitative estimate of drug-likeness (QED) is 0.310. The number of nitrogens with zero attached hydrogens (tertiary/aromatic N) is 4. The molecule has 0 radical (unpaired) electrons. The number of ether oxygens (including phenoxy) is 2. The molecule has 12 heteroatoms. The molecule has 200 valence electrons. The molecule has 1 aliphatic carbocycles. The second-order valence-corrected chi connectivity index (χ2v) is 9.45. The Labute approximate surface area is 226 Å². The van der Waals surface area contributed by atoms with Crippen LogP contribution in [0, 0.1) is 17.7 Å². The van der Waals surface area contributed by atoms with E-state index in [0.29, 0.717) is 22.9 Å². The first-order chi connectivity index (χ1) is 18.8. The molecule has 0 unspecified atom stereocenters. The molecular weight excluding hydrogens is 529 g/mol. The van der Waals surface area contributed by atoms with Crippen LogP contribution in [0.4, 0.5) is 16.0 Å². The van der Waals surface area contributed by atoms with Crippen LogP contribution in [0.1, 0.15) is 12.0 Å². The summed E-state index contributed by atoms with van der Waals surface area (Å²) < 4.78 is 25.9. The zero-order valence-electron chi connectivity index (χ0n) is 20.7. The number of halogens is 2. The molecular formula is C27H23ClFN5O5. The first-order valence-corrected chi connectivity index (χ1v) is 12.4. The topological polar surface area (TPSA) is 117 Å². The fourth-order valence-electron chi connectivity index (χ4n) is 4.10. The van der Waals surface area contributed by atoms with Gasteiger partial charge >= 0.3 is 17.3 Å². The number of anilines is 2. The fraction of sp³-hybridized carbons (Fsp3) is 0.222. The van der Waals surface area contributed by atoms with Crippen molar-refractivity contribution in [1.82, 2.24) is 19.1 Å². The molecule has 1 aliphatic rings. The molecule has 39 heavy (non-hydrogen) atoms. The highest BCUT2D eigenvalue weighted by molar-refractivity contribution is 6.30. The maximum Gasteiger partial charge on any atom is 0.354 e. The first-order valence-electron chi connectivity index (χ1n) is 12.0. The van der Waals surface area contributed by atoms with Gasteiger partial charge in [0.05, 0.1) is 25.8 Å². The second kappa shape index (κ2) is 11.1. The van der Waals surface area contributed by atoms with Crippen LogP contribution in [0.25, 0.3) is 0 Å². The summed E-state index contributed by atoms with van der Waals surface area (Å²) in [5.74, 6) is -0.615. The highest BCUT2D eigenvalue weighted by atomic mass is 35.5. The van der Waals surface area contributed by atoms with Crippen molar-refractivity contribution in [1.29, 1.82) is 0 Å². The van der Waals surface area contributed by atoms with E-state index in [1.807, 2.05) is 0 Å². The van der Waals surface area contributed by atoms with Gasteiger partial charge < -0.3 is 14.8 Å². The van der Waals surface area contributed by atoms with Gasteiger partial charge in [-0.3, -0.25) is 9.36 Å². The molecule has 2 aromatic carbocycles. The van der Waals surface area contributed by atoms with Crippen LogP contribution in [0.2, 0.25) is 5.02 Å². The van der Waals surface area contributed by atoms with Crippen LogP contribution >= 0.6 is 11.6 Å². The summed E-state index contributed by atoms with van der Waals surface area (Å²) >= 11 is 6.01. The van der Waals surface area contributed by atoms with Crippen molar-refractivity contribution in [2.24, 2.45) is 11.8 Å². The fourth-order valence-corrected chi connectivity index (χ4v) is 4.22. The molecule has 2 heterocycles. The van der Waals surface area contributed by atoms with Gasteiger partial charge in [0.25, 0.3) is 0 Å². The van der Waals surface area contributed by atoms with E-state index < -0.39 is 17.2 Å². The van der Waals surface area contributed by atoms with E-state index >= 15 is 0 Å². The average molecular weight is 552 g/mol. The molecule has 1 saturated carbocycles. The van der Waals surface area contributed by atoms with Gasteiger partial charge in [-0.25, -0.2) is 23.5 Å².